The summed E-state index contributed by atoms with van der Waals surface area (Å²) in [5, 5.41) is 18.7. The number of ether oxygens (including phenoxy) is 2. The summed E-state index contributed by atoms with van der Waals surface area (Å²) in [7, 11) is 2.51. The van der Waals surface area contributed by atoms with E-state index in [1.165, 1.54) is 96.8 Å². The maximum Gasteiger partial charge on any atom is 0.418 e. The third-order valence-corrected chi connectivity index (χ3v) is 12.2. The molecule has 2 aliphatic rings. The van der Waals surface area contributed by atoms with Gasteiger partial charge in [0.15, 0.2) is 0 Å². The van der Waals surface area contributed by atoms with Crippen molar-refractivity contribution >= 4 is 47.7 Å². The Balaban J connectivity index is 1.49. The van der Waals surface area contributed by atoms with Crippen LogP contribution >= 0.6 is 11.8 Å². The van der Waals surface area contributed by atoms with Gasteiger partial charge in [0.1, 0.15) is 11.5 Å². The van der Waals surface area contributed by atoms with Gasteiger partial charge in [-0.3, -0.25) is 19.2 Å². The van der Waals surface area contributed by atoms with Gasteiger partial charge in [-0.15, -0.1) is 0 Å². The lowest BCUT2D eigenvalue weighted by molar-refractivity contribution is -0.145. The molecule has 17 heteroatoms. The first-order chi connectivity index (χ1) is 29.9. The number of hydrogen-bond donors (Lipinski definition) is 2. The highest BCUT2D eigenvalue weighted by atomic mass is 32.2. The SMILES string of the molecule is COc1ccccc1-c1c(/C=C/C(=O)N2CCC(C(=O)O)CC2)ccc(Sc2ccc(/C=C/C(=O)N3CCC(C(=O)O)CC3)c(-c3ccccc3OC)c2C(F)(F)F)c1C(F)(F)F. The third-order valence-electron chi connectivity index (χ3n) is 11.1. The predicted octanol–water partition coefficient (Wildman–Crippen LogP) is 9.90. The number of amides is 2. The summed E-state index contributed by atoms with van der Waals surface area (Å²) in [5.41, 5.74) is -3.77. The minimum absolute atomic E-state index is 0.0215. The van der Waals surface area contributed by atoms with Gasteiger partial charge >= 0.3 is 24.3 Å². The molecule has 0 unspecified atom stereocenters. The molecule has 0 radical (unpaired) electrons. The predicted molar refractivity (Wildman–Crippen MR) is 223 cm³/mol. The van der Waals surface area contributed by atoms with Gasteiger partial charge in [0.25, 0.3) is 0 Å². The van der Waals surface area contributed by atoms with Gasteiger partial charge in [0.05, 0.1) is 37.2 Å². The lowest BCUT2D eigenvalue weighted by Gasteiger charge is -2.29. The van der Waals surface area contributed by atoms with Gasteiger partial charge in [-0.1, -0.05) is 60.3 Å². The molecule has 10 nitrogen and oxygen atoms in total. The standard InChI is InChI=1S/C46H42F6N2O8S/c1-61-33-9-5-3-7-31(33)39-27(13-17-37(55)53-23-19-29(20-24-53)43(57)58)11-15-35(41(39)45(47,48)49)63-36-16-12-28(14-18-38(56)54-25-21-30(22-26-54)44(59)60)40(42(36)46(50,51)52)32-8-4-6-10-34(32)62-2/h3-18,29-30H,19-26H2,1-2H3,(H,57,58)(H,59,60)/b17-13+,18-14+. The van der Waals surface area contributed by atoms with Gasteiger partial charge in [-0.05, 0) is 73.2 Å². The first-order valence-electron chi connectivity index (χ1n) is 19.8. The molecule has 0 aliphatic carbocycles. The van der Waals surface area contributed by atoms with Crippen LogP contribution in [-0.4, -0.2) is 84.2 Å². The number of methoxy groups -OCH3 is 2. The van der Waals surface area contributed by atoms with Crippen LogP contribution in [0.15, 0.2) is 94.7 Å². The molecular formula is C46H42F6N2O8S. The molecule has 6 rings (SSSR count). The van der Waals surface area contributed by atoms with E-state index in [1.807, 2.05) is 0 Å². The van der Waals surface area contributed by atoms with Crippen LogP contribution < -0.4 is 9.47 Å². The number of piperidine rings is 2. The zero-order valence-electron chi connectivity index (χ0n) is 34.0. The fourth-order valence-electron chi connectivity index (χ4n) is 7.84. The Bertz CT molecular complexity index is 2270. The number of carboxylic acid groups (broad SMARTS) is 2. The molecule has 4 aromatic rings. The van der Waals surface area contributed by atoms with Crippen LogP contribution in [0.3, 0.4) is 0 Å². The first kappa shape index (κ1) is 46.3. The van der Waals surface area contributed by atoms with Crippen LogP contribution in [0.2, 0.25) is 0 Å². The lowest BCUT2D eigenvalue weighted by atomic mass is 9.92. The summed E-state index contributed by atoms with van der Waals surface area (Å²) in [6.45, 7) is 0.498. The van der Waals surface area contributed by atoms with E-state index in [-0.39, 0.29) is 97.4 Å². The average molecular weight is 897 g/mol. The molecule has 2 heterocycles. The fourth-order valence-corrected chi connectivity index (χ4v) is 8.99. The fraction of sp³-hybridized carbons (Fsp3) is 0.304. The number of nitrogens with zero attached hydrogens (tertiary/aromatic N) is 2. The molecule has 0 saturated carbocycles. The third kappa shape index (κ3) is 10.5. The van der Waals surface area contributed by atoms with Crippen LogP contribution in [0.4, 0.5) is 26.3 Å². The Morgan fingerprint density at radius 3 is 1.25 bits per heavy atom. The lowest BCUT2D eigenvalue weighted by Crippen LogP contribution is -2.39. The van der Waals surface area contributed by atoms with Crippen LogP contribution in [0.5, 0.6) is 11.5 Å². The number of likely N-dealkylation sites (tertiary alicyclic amines) is 2. The number of rotatable bonds is 12. The summed E-state index contributed by atoms with van der Waals surface area (Å²) in [6.07, 6.45) is -4.98. The zero-order chi connectivity index (χ0) is 45.6. The number of carbonyl (C=O) groups is 4. The maximum absolute atomic E-state index is 15.6. The van der Waals surface area contributed by atoms with Gasteiger partial charge in [-0.25, -0.2) is 0 Å². The molecule has 4 aromatic carbocycles. The van der Waals surface area contributed by atoms with Crippen molar-refractivity contribution in [3.8, 4) is 33.8 Å². The van der Waals surface area contributed by atoms with Crippen molar-refractivity contribution in [3.05, 3.63) is 107 Å². The Morgan fingerprint density at radius 1 is 0.587 bits per heavy atom. The second kappa shape index (κ2) is 19.4. The number of halogens is 6. The number of hydrogen-bond acceptors (Lipinski definition) is 7. The van der Waals surface area contributed by atoms with E-state index in [0.717, 1.165) is 24.3 Å². The Hall–Kier alpha value is -6.23. The van der Waals surface area contributed by atoms with E-state index < -0.39 is 80.0 Å². The van der Waals surface area contributed by atoms with Gasteiger partial charge < -0.3 is 29.5 Å². The summed E-state index contributed by atoms with van der Waals surface area (Å²) < 4.78 is 105. The van der Waals surface area contributed by atoms with E-state index in [1.54, 1.807) is 0 Å². The quantitative estimate of drug-likeness (QED) is 0.105. The van der Waals surface area contributed by atoms with Crippen LogP contribution in [0, 0.1) is 11.8 Å². The van der Waals surface area contributed by atoms with Crippen molar-refractivity contribution in [2.75, 3.05) is 40.4 Å². The highest BCUT2D eigenvalue weighted by Crippen LogP contribution is 2.52. The number of carbonyl (C=O) groups excluding carboxylic acids is 2. The van der Waals surface area contributed by atoms with Crippen LogP contribution in [0.1, 0.15) is 47.9 Å². The summed E-state index contributed by atoms with van der Waals surface area (Å²) in [6, 6.07) is 16.2. The van der Waals surface area contributed by atoms with Crippen molar-refractivity contribution in [1.29, 1.82) is 0 Å². The molecular weight excluding hydrogens is 855 g/mol. The zero-order valence-corrected chi connectivity index (χ0v) is 34.8. The number of carboxylic acids is 2. The Kier molecular flexibility index (Phi) is 14.3. The second-order valence-corrected chi connectivity index (χ2v) is 15.9. The molecule has 0 spiro atoms. The number of aliphatic carboxylic acids is 2. The monoisotopic (exact) mass is 896 g/mol. The van der Waals surface area contributed by atoms with Crippen molar-refractivity contribution in [3.63, 3.8) is 0 Å². The smallest absolute Gasteiger partial charge is 0.418 e. The Morgan fingerprint density at radius 2 is 0.937 bits per heavy atom. The molecule has 2 amide bonds. The summed E-state index contributed by atoms with van der Waals surface area (Å²) >= 11 is 0.240. The average Bonchev–Trinajstić information content (AvgIpc) is 3.26. The minimum atomic E-state index is -5.17. The largest absolute Gasteiger partial charge is 0.496 e. The molecule has 0 aromatic heterocycles. The van der Waals surface area contributed by atoms with E-state index in [2.05, 4.69) is 0 Å². The van der Waals surface area contributed by atoms with Gasteiger partial charge in [0.2, 0.25) is 11.8 Å². The van der Waals surface area contributed by atoms with Gasteiger partial charge in [-0.2, -0.15) is 26.3 Å². The molecule has 2 N–H and O–H groups in total. The van der Waals surface area contributed by atoms with E-state index >= 15 is 26.3 Å². The second-order valence-electron chi connectivity index (χ2n) is 14.8. The maximum atomic E-state index is 15.6. The van der Waals surface area contributed by atoms with Crippen molar-refractivity contribution in [2.24, 2.45) is 11.8 Å². The molecule has 0 atom stereocenters. The van der Waals surface area contributed by atoms with Gasteiger partial charge in [0, 0.05) is 70.4 Å². The topological polar surface area (TPSA) is 134 Å². The van der Waals surface area contributed by atoms with E-state index in [9.17, 15) is 29.4 Å². The van der Waals surface area contributed by atoms with Crippen LogP contribution in [-0.2, 0) is 31.5 Å². The van der Waals surface area contributed by atoms with E-state index in [4.69, 9.17) is 9.47 Å². The first-order valence-corrected chi connectivity index (χ1v) is 20.6. The molecule has 0 bridgehead atoms. The van der Waals surface area contributed by atoms with Crippen molar-refractivity contribution in [1.82, 2.24) is 9.80 Å². The highest BCUT2D eigenvalue weighted by molar-refractivity contribution is 7.99. The molecule has 2 aliphatic heterocycles. The highest BCUT2D eigenvalue weighted by Gasteiger charge is 2.42. The van der Waals surface area contributed by atoms with Crippen molar-refractivity contribution < 1.29 is 65.2 Å². The minimum Gasteiger partial charge on any atom is -0.496 e. The molecule has 2 fully saturated rings. The molecule has 2 saturated heterocycles. The normalized spacial score (nSPS) is 15.6. The molecule has 332 valence electrons. The summed E-state index contributed by atoms with van der Waals surface area (Å²) in [5.74, 6) is -4.30. The number of para-hydroxylation sites is 2. The number of benzene rings is 4. The Labute approximate surface area is 362 Å². The van der Waals surface area contributed by atoms with E-state index in [0.29, 0.717) is 0 Å². The summed E-state index contributed by atoms with van der Waals surface area (Å²) in [4.78, 5) is 50.9. The molecule has 63 heavy (non-hydrogen) atoms. The number of alkyl halides is 6. The van der Waals surface area contributed by atoms with Crippen molar-refractivity contribution in [2.45, 2.75) is 47.8 Å². The van der Waals surface area contributed by atoms with Crippen LogP contribution in [0.25, 0.3) is 34.4 Å².